The van der Waals surface area contributed by atoms with E-state index in [9.17, 15) is 0 Å². The van der Waals surface area contributed by atoms with Gasteiger partial charge in [0.25, 0.3) is 0 Å². The maximum atomic E-state index is 6.28. The van der Waals surface area contributed by atoms with E-state index in [2.05, 4.69) is 5.32 Å². The van der Waals surface area contributed by atoms with Crippen molar-refractivity contribution in [1.82, 2.24) is 5.32 Å². The summed E-state index contributed by atoms with van der Waals surface area (Å²) in [6, 6.07) is 13.7. The number of hydrogen-bond donors (Lipinski definition) is 1. The second-order valence-electron chi connectivity index (χ2n) is 5.32. The molecule has 0 radical (unpaired) electrons. The fraction of sp³-hybridized carbons (Fsp3) is 0.316. The lowest BCUT2D eigenvalue weighted by molar-refractivity contribution is 0.340. The predicted molar refractivity (Wildman–Crippen MR) is 108 cm³/mol. The highest BCUT2D eigenvalue weighted by atomic mass is 35.5. The van der Waals surface area contributed by atoms with Gasteiger partial charge in [-0.1, -0.05) is 23.7 Å². The Bertz CT molecular complexity index is 707. The summed E-state index contributed by atoms with van der Waals surface area (Å²) in [5.41, 5.74) is 2.03. The minimum Gasteiger partial charge on any atom is -0.495 e. The molecule has 134 valence electrons. The molecular formula is C19H23ClN2O2S. The summed E-state index contributed by atoms with van der Waals surface area (Å²) in [7, 11) is 1.60. The molecule has 6 heteroatoms. The van der Waals surface area contributed by atoms with E-state index in [-0.39, 0.29) is 0 Å². The predicted octanol–water partition coefficient (Wildman–Crippen LogP) is 4.65. The van der Waals surface area contributed by atoms with Crippen LogP contribution in [-0.4, -0.2) is 25.4 Å². The van der Waals surface area contributed by atoms with Crippen LogP contribution in [0.2, 0.25) is 5.02 Å². The van der Waals surface area contributed by atoms with Crippen LogP contribution >= 0.6 is 23.8 Å². The van der Waals surface area contributed by atoms with E-state index in [0.29, 0.717) is 29.0 Å². The number of ether oxygens (including phenoxy) is 2. The Labute approximate surface area is 159 Å². The smallest absolute Gasteiger partial charge is 0.173 e. The Kier molecular flexibility index (Phi) is 7.34. The van der Waals surface area contributed by atoms with Gasteiger partial charge in [-0.2, -0.15) is 0 Å². The maximum absolute atomic E-state index is 6.28. The third-order valence-corrected chi connectivity index (χ3v) is 4.26. The van der Waals surface area contributed by atoms with Gasteiger partial charge in [0.2, 0.25) is 0 Å². The Morgan fingerprint density at radius 2 is 1.88 bits per heavy atom. The van der Waals surface area contributed by atoms with Gasteiger partial charge >= 0.3 is 0 Å². The Morgan fingerprint density at radius 1 is 1.16 bits per heavy atom. The van der Waals surface area contributed by atoms with Crippen molar-refractivity contribution in [2.45, 2.75) is 20.4 Å². The van der Waals surface area contributed by atoms with Gasteiger partial charge in [0.05, 0.1) is 25.3 Å². The van der Waals surface area contributed by atoms with Crippen LogP contribution in [-0.2, 0) is 6.54 Å². The number of thiocarbonyl (C=S) groups is 1. The van der Waals surface area contributed by atoms with Crippen LogP contribution in [0.1, 0.15) is 19.4 Å². The van der Waals surface area contributed by atoms with E-state index in [1.165, 1.54) is 0 Å². The monoisotopic (exact) mass is 378 g/mol. The molecule has 0 aliphatic carbocycles. The number of hydrogen-bond acceptors (Lipinski definition) is 3. The minimum atomic E-state index is 0.552. The number of methoxy groups -OCH3 is 1. The summed E-state index contributed by atoms with van der Waals surface area (Å²) in [6.45, 7) is 6.02. The first-order chi connectivity index (χ1) is 12.1. The van der Waals surface area contributed by atoms with Gasteiger partial charge in [-0.05, 0) is 62.0 Å². The Balaban J connectivity index is 2.26. The zero-order valence-corrected chi connectivity index (χ0v) is 16.3. The molecular weight excluding hydrogens is 356 g/mol. The highest BCUT2D eigenvalue weighted by Crippen LogP contribution is 2.30. The third-order valence-electron chi connectivity index (χ3n) is 3.60. The van der Waals surface area contributed by atoms with Crippen molar-refractivity contribution in [3.8, 4) is 11.5 Å². The first-order valence-electron chi connectivity index (χ1n) is 8.19. The molecule has 2 aromatic carbocycles. The van der Waals surface area contributed by atoms with Gasteiger partial charge in [0.1, 0.15) is 11.5 Å². The molecule has 0 aromatic heterocycles. The summed E-state index contributed by atoms with van der Waals surface area (Å²) in [5.74, 6) is 1.50. The summed E-state index contributed by atoms with van der Waals surface area (Å²) >= 11 is 11.8. The third kappa shape index (κ3) is 5.25. The average molecular weight is 379 g/mol. The summed E-state index contributed by atoms with van der Waals surface area (Å²) in [4.78, 5) is 2.01. The highest BCUT2D eigenvalue weighted by molar-refractivity contribution is 7.80. The van der Waals surface area contributed by atoms with Crippen LogP contribution in [0.5, 0.6) is 11.5 Å². The van der Waals surface area contributed by atoms with E-state index >= 15 is 0 Å². The second-order valence-corrected chi connectivity index (χ2v) is 6.11. The van der Waals surface area contributed by atoms with E-state index in [0.717, 1.165) is 23.5 Å². The van der Waals surface area contributed by atoms with Crippen LogP contribution in [0.4, 0.5) is 5.69 Å². The van der Waals surface area contributed by atoms with Crippen LogP contribution in [0, 0.1) is 0 Å². The van der Waals surface area contributed by atoms with Crippen molar-refractivity contribution in [3.63, 3.8) is 0 Å². The lowest BCUT2D eigenvalue weighted by Crippen LogP contribution is -2.39. The summed E-state index contributed by atoms with van der Waals surface area (Å²) < 4.78 is 10.7. The highest BCUT2D eigenvalue weighted by Gasteiger charge is 2.14. The average Bonchev–Trinajstić information content (AvgIpc) is 2.61. The molecule has 0 aliphatic rings. The first kappa shape index (κ1) is 19.3. The lowest BCUT2D eigenvalue weighted by atomic mass is 10.2. The van der Waals surface area contributed by atoms with Crippen LogP contribution < -0.4 is 19.7 Å². The van der Waals surface area contributed by atoms with Gasteiger partial charge in [0, 0.05) is 12.2 Å². The largest absolute Gasteiger partial charge is 0.495 e. The number of nitrogens with zero attached hydrogens (tertiary/aromatic N) is 1. The number of benzene rings is 2. The fourth-order valence-electron chi connectivity index (χ4n) is 2.39. The molecule has 0 heterocycles. The molecule has 1 N–H and O–H groups in total. The standard InChI is InChI=1S/C19H23ClN2O2S/c1-4-21-19(25)22(15-8-11-18(23-3)17(20)12-15)13-14-6-9-16(10-7-14)24-5-2/h6-12H,4-5,13H2,1-3H3,(H,21,25). The topological polar surface area (TPSA) is 33.7 Å². The first-order valence-corrected chi connectivity index (χ1v) is 8.98. The zero-order valence-electron chi connectivity index (χ0n) is 14.7. The van der Waals surface area contributed by atoms with Crippen molar-refractivity contribution in [2.24, 2.45) is 0 Å². The minimum absolute atomic E-state index is 0.552. The molecule has 0 unspecified atom stereocenters. The van der Waals surface area contributed by atoms with Crippen LogP contribution in [0.25, 0.3) is 0 Å². The molecule has 0 saturated carbocycles. The second kappa shape index (κ2) is 9.49. The SMILES string of the molecule is CCNC(=S)N(Cc1ccc(OCC)cc1)c1ccc(OC)c(Cl)c1. The normalized spacial score (nSPS) is 10.2. The lowest BCUT2D eigenvalue weighted by Gasteiger charge is -2.26. The molecule has 0 atom stereocenters. The molecule has 0 amide bonds. The Hall–Kier alpha value is -1.98. The Morgan fingerprint density at radius 3 is 2.44 bits per heavy atom. The van der Waals surface area contributed by atoms with Crippen LogP contribution in [0.15, 0.2) is 42.5 Å². The number of anilines is 1. The zero-order chi connectivity index (χ0) is 18.2. The quantitative estimate of drug-likeness (QED) is 0.709. The molecule has 0 bridgehead atoms. The molecule has 0 saturated heterocycles. The molecule has 0 aliphatic heterocycles. The van der Waals surface area contributed by atoms with Crippen molar-refractivity contribution >= 4 is 34.6 Å². The molecule has 4 nitrogen and oxygen atoms in total. The van der Waals surface area contributed by atoms with Gasteiger partial charge in [-0.15, -0.1) is 0 Å². The van der Waals surface area contributed by atoms with Crippen molar-refractivity contribution in [1.29, 1.82) is 0 Å². The van der Waals surface area contributed by atoms with Crippen molar-refractivity contribution in [2.75, 3.05) is 25.2 Å². The molecule has 0 fully saturated rings. The van der Waals surface area contributed by atoms with Gasteiger partial charge in [-0.3, -0.25) is 0 Å². The van der Waals surface area contributed by atoms with Crippen molar-refractivity contribution in [3.05, 3.63) is 53.1 Å². The summed E-state index contributed by atoms with van der Waals surface area (Å²) in [6.07, 6.45) is 0. The van der Waals surface area contributed by atoms with Gasteiger partial charge < -0.3 is 19.7 Å². The van der Waals surface area contributed by atoms with Gasteiger partial charge in [0.15, 0.2) is 5.11 Å². The maximum Gasteiger partial charge on any atom is 0.173 e. The van der Waals surface area contributed by atoms with E-state index in [4.69, 9.17) is 33.3 Å². The van der Waals surface area contributed by atoms with Crippen molar-refractivity contribution < 1.29 is 9.47 Å². The molecule has 25 heavy (non-hydrogen) atoms. The molecule has 2 aromatic rings. The molecule has 0 spiro atoms. The number of nitrogens with one attached hydrogen (secondary N) is 1. The van der Waals surface area contributed by atoms with E-state index in [1.807, 2.05) is 61.2 Å². The van der Waals surface area contributed by atoms with Gasteiger partial charge in [-0.25, -0.2) is 0 Å². The van der Waals surface area contributed by atoms with Crippen LogP contribution in [0.3, 0.4) is 0 Å². The summed E-state index contributed by atoms with van der Waals surface area (Å²) in [5, 5.41) is 4.40. The molecule has 2 rings (SSSR count). The van der Waals surface area contributed by atoms with E-state index < -0.39 is 0 Å². The fourth-order valence-corrected chi connectivity index (χ4v) is 2.96. The number of rotatable bonds is 7. The number of halogens is 1. The van der Waals surface area contributed by atoms with E-state index in [1.54, 1.807) is 7.11 Å².